The fraction of sp³-hybridized carbons (Fsp3) is 0.0392. The minimum absolute atomic E-state index is 0.172. The minimum atomic E-state index is -0.198. The standard InChI is InChI=1S/C51H34N4OS/c1-3-13-31(14-4-1)49-52-50(32-15-5-2-6-16-32)54-51(53-49)34-26-28-39-38-27-25-33(29-45(38)56-46(39)30-34)35-19-11-20-40-41-21-12-24-44(48(41)57-47(35)40)55-42-22-9-7-17-36(42)37-18-8-10-23-43(37)55/h1-30,49,51,53H,(H,52,54). The highest BCUT2D eigenvalue weighted by molar-refractivity contribution is 7.26. The largest absolute Gasteiger partial charge is 0.456 e. The van der Waals surface area contributed by atoms with Gasteiger partial charge in [0.1, 0.15) is 29.3 Å². The molecule has 0 fully saturated rings. The molecule has 4 heterocycles. The number of para-hydroxylation sites is 2. The number of aromatic nitrogens is 1. The zero-order chi connectivity index (χ0) is 37.5. The van der Waals surface area contributed by atoms with E-state index in [2.05, 4.69) is 173 Å². The highest BCUT2D eigenvalue weighted by Gasteiger charge is 2.26. The summed E-state index contributed by atoms with van der Waals surface area (Å²) in [6, 6.07) is 64.8. The van der Waals surface area contributed by atoms with Gasteiger partial charge in [-0.25, -0.2) is 4.99 Å². The Labute approximate surface area is 332 Å². The number of nitrogens with zero attached hydrogens (tertiary/aromatic N) is 2. The van der Waals surface area contributed by atoms with Crippen LogP contribution in [0.25, 0.3) is 80.7 Å². The van der Waals surface area contributed by atoms with Crippen molar-refractivity contribution in [2.75, 3.05) is 0 Å². The molecule has 0 aliphatic carbocycles. The molecule has 270 valence electrons. The Hall–Kier alpha value is -6.99. The van der Waals surface area contributed by atoms with Crippen molar-refractivity contribution < 1.29 is 4.42 Å². The summed E-state index contributed by atoms with van der Waals surface area (Å²) in [5, 5.41) is 14.7. The van der Waals surface area contributed by atoms with Gasteiger partial charge < -0.3 is 14.3 Å². The first kappa shape index (κ1) is 32.3. The van der Waals surface area contributed by atoms with Crippen LogP contribution in [0.4, 0.5) is 0 Å². The summed E-state index contributed by atoms with van der Waals surface area (Å²) in [7, 11) is 0. The van der Waals surface area contributed by atoms with Crippen molar-refractivity contribution in [3.63, 3.8) is 0 Å². The van der Waals surface area contributed by atoms with Crippen LogP contribution in [-0.2, 0) is 0 Å². The maximum atomic E-state index is 6.70. The Morgan fingerprint density at radius 2 is 1.12 bits per heavy atom. The van der Waals surface area contributed by atoms with E-state index in [1.165, 1.54) is 53.2 Å². The summed E-state index contributed by atoms with van der Waals surface area (Å²) >= 11 is 1.88. The van der Waals surface area contributed by atoms with E-state index in [0.29, 0.717) is 0 Å². The molecule has 1 aliphatic heterocycles. The quantitative estimate of drug-likeness (QED) is 0.184. The fourth-order valence-electron chi connectivity index (χ4n) is 8.81. The number of hydrogen-bond acceptors (Lipinski definition) is 5. The normalized spacial score (nSPS) is 15.9. The van der Waals surface area contributed by atoms with Gasteiger partial charge in [-0.1, -0.05) is 146 Å². The first-order chi connectivity index (χ1) is 28.2. The van der Waals surface area contributed by atoms with Gasteiger partial charge in [0.05, 0.1) is 21.4 Å². The highest BCUT2D eigenvalue weighted by atomic mass is 32.1. The lowest BCUT2D eigenvalue weighted by atomic mass is 10.0. The molecule has 6 heteroatoms. The zero-order valence-electron chi connectivity index (χ0n) is 30.7. The van der Waals surface area contributed by atoms with Crippen molar-refractivity contribution in [1.82, 2.24) is 15.2 Å². The molecule has 5 nitrogen and oxygen atoms in total. The van der Waals surface area contributed by atoms with Crippen LogP contribution >= 0.6 is 11.3 Å². The Balaban J connectivity index is 0.946. The lowest BCUT2D eigenvalue weighted by Crippen LogP contribution is -2.44. The molecule has 0 bridgehead atoms. The molecule has 0 saturated carbocycles. The first-order valence-corrected chi connectivity index (χ1v) is 20.2. The molecular formula is C51H34N4OS. The molecule has 12 rings (SSSR count). The number of aliphatic imine (C=N–C) groups is 1. The molecule has 0 saturated heterocycles. The Kier molecular flexibility index (Phi) is 7.24. The van der Waals surface area contributed by atoms with E-state index in [4.69, 9.17) is 9.41 Å². The number of amidine groups is 1. The van der Waals surface area contributed by atoms with Gasteiger partial charge in [0.25, 0.3) is 0 Å². The topological polar surface area (TPSA) is 54.5 Å². The van der Waals surface area contributed by atoms with Gasteiger partial charge in [-0.3, -0.25) is 5.32 Å². The number of rotatable bonds is 5. The SMILES string of the molecule is c1ccc(C2=NC(c3ccccc3)NC(c3ccc4c(c3)oc3cc(-c5cccc6c5sc5c(-n7c8ccccc8c8ccccc87)cccc56)ccc34)N2)cc1. The monoisotopic (exact) mass is 750 g/mol. The third kappa shape index (κ3) is 5.15. The van der Waals surface area contributed by atoms with Crippen molar-refractivity contribution in [3.8, 4) is 16.8 Å². The van der Waals surface area contributed by atoms with E-state index in [-0.39, 0.29) is 12.3 Å². The predicted octanol–water partition coefficient (Wildman–Crippen LogP) is 13.1. The lowest BCUT2D eigenvalue weighted by molar-refractivity contribution is 0.409. The maximum Gasteiger partial charge on any atom is 0.136 e. The molecule has 3 aromatic heterocycles. The molecule has 0 amide bonds. The van der Waals surface area contributed by atoms with E-state index < -0.39 is 0 Å². The second-order valence-electron chi connectivity index (χ2n) is 14.8. The van der Waals surface area contributed by atoms with Crippen LogP contribution in [0.15, 0.2) is 191 Å². The van der Waals surface area contributed by atoms with Gasteiger partial charge in [-0.15, -0.1) is 11.3 Å². The van der Waals surface area contributed by atoms with Gasteiger partial charge in [0.2, 0.25) is 0 Å². The van der Waals surface area contributed by atoms with Crippen molar-refractivity contribution in [3.05, 3.63) is 199 Å². The van der Waals surface area contributed by atoms with E-state index in [1.54, 1.807) is 0 Å². The Bertz CT molecular complexity index is 3320. The van der Waals surface area contributed by atoms with Crippen molar-refractivity contribution >= 4 is 81.1 Å². The number of fused-ring (bicyclic) bond motifs is 9. The van der Waals surface area contributed by atoms with E-state index in [1.807, 2.05) is 35.6 Å². The van der Waals surface area contributed by atoms with E-state index in [0.717, 1.165) is 50.0 Å². The van der Waals surface area contributed by atoms with Crippen molar-refractivity contribution in [2.24, 2.45) is 4.99 Å². The van der Waals surface area contributed by atoms with Gasteiger partial charge in [0.15, 0.2) is 0 Å². The summed E-state index contributed by atoms with van der Waals surface area (Å²) in [5.74, 6) is 0.861. The number of nitrogens with one attached hydrogen (secondary N) is 2. The number of hydrogen-bond donors (Lipinski definition) is 2. The van der Waals surface area contributed by atoms with Crippen molar-refractivity contribution in [1.29, 1.82) is 0 Å². The summed E-state index contributed by atoms with van der Waals surface area (Å²) in [4.78, 5) is 5.08. The number of thiophene rings is 1. The molecule has 2 N–H and O–H groups in total. The van der Waals surface area contributed by atoms with Crippen LogP contribution in [0.2, 0.25) is 0 Å². The first-order valence-electron chi connectivity index (χ1n) is 19.4. The molecule has 2 atom stereocenters. The molecule has 1 aliphatic rings. The molecular weight excluding hydrogens is 717 g/mol. The molecule has 0 radical (unpaired) electrons. The number of furan rings is 1. The average molecular weight is 751 g/mol. The number of benzene rings is 8. The lowest BCUT2D eigenvalue weighted by Gasteiger charge is -2.32. The average Bonchev–Trinajstić information content (AvgIpc) is 3.96. The summed E-state index contributed by atoms with van der Waals surface area (Å²) in [6.07, 6.45) is -0.370. The van der Waals surface area contributed by atoms with Gasteiger partial charge in [0, 0.05) is 42.6 Å². The molecule has 57 heavy (non-hydrogen) atoms. The van der Waals surface area contributed by atoms with Gasteiger partial charge in [-0.2, -0.15) is 0 Å². The van der Waals surface area contributed by atoms with Crippen molar-refractivity contribution in [2.45, 2.75) is 12.3 Å². The molecule has 2 unspecified atom stereocenters. The highest BCUT2D eigenvalue weighted by Crippen LogP contribution is 2.45. The zero-order valence-corrected chi connectivity index (χ0v) is 31.5. The summed E-state index contributed by atoms with van der Waals surface area (Å²) in [6.45, 7) is 0. The third-order valence-electron chi connectivity index (χ3n) is 11.5. The Morgan fingerprint density at radius 3 is 1.89 bits per heavy atom. The Morgan fingerprint density at radius 1 is 0.491 bits per heavy atom. The third-order valence-corrected chi connectivity index (χ3v) is 12.8. The second kappa shape index (κ2) is 12.8. The second-order valence-corrected chi connectivity index (χ2v) is 15.8. The molecule has 0 spiro atoms. The molecule has 8 aromatic carbocycles. The van der Waals surface area contributed by atoms with Crippen LogP contribution in [0.1, 0.15) is 29.0 Å². The smallest absolute Gasteiger partial charge is 0.136 e. The molecule has 11 aromatic rings. The van der Waals surface area contributed by atoms with E-state index >= 15 is 0 Å². The fourth-order valence-corrected chi connectivity index (χ4v) is 10.2. The van der Waals surface area contributed by atoms with Crippen LogP contribution in [0, 0.1) is 0 Å². The van der Waals surface area contributed by atoms with Crippen LogP contribution in [0.5, 0.6) is 0 Å². The van der Waals surface area contributed by atoms with E-state index in [9.17, 15) is 0 Å². The van der Waals surface area contributed by atoms with Gasteiger partial charge >= 0.3 is 0 Å². The summed E-state index contributed by atoms with van der Waals surface area (Å²) < 4.78 is 11.7. The minimum Gasteiger partial charge on any atom is -0.456 e. The van der Waals surface area contributed by atoms with Crippen LogP contribution < -0.4 is 10.6 Å². The predicted molar refractivity (Wildman–Crippen MR) is 238 cm³/mol. The van der Waals surface area contributed by atoms with Crippen LogP contribution in [0.3, 0.4) is 0 Å². The van der Waals surface area contributed by atoms with Gasteiger partial charge in [-0.05, 0) is 58.7 Å². The van der Waals surface area contributed by atoms with Crippen LogP contribution in [-0.4, -0.2) is 10.4 Å². The maximum absolute atomic E-state index is 6.70. The summed E-state index contributed by atoms with van der Waals surface area (Å²) in [5.41, 5.74) is 11.0.